The van der Waals surface area contributed by atoms with Gasteiger partial charge in [-0.2, -0.15) is 0 Å². The second-order valence-electron chi connectivity index (χ2n) is 3.78. The monoisotopic (exact) mass is 279 g/mol. The van der Waals surface area contributed by atoms with Gasteiger partial charge in [-0.15, -0.1) is 0 Å². The molecule has 0 spiro atoms. The molecule has 0 aliphatic carbocycles. The van der Waals surface area contributed by atoms with E-state index >= 15 is 0 Å². The molecule has 0 saturated heterocycles. The standard InChI is InChI=1S/C12H14BrN3/c1-3-11-7(2)15-12(16-11)8-4-9(13)6-10(14)5-8/h4-6H,3,14H2,1-2H3,(H,15,16). The third kappa shape index (κ3) is 2.11. The predicted molar refractivity (Wildman–Crippen MR) is 70.3 cm³/mol. The quantitative estimate of drug-likeness (QED) is 0.829. The summed E-state index contributed by atoms with van der Waals surface area (Å²) < 4.78 is 0.967. The molecule has 16 heavy (non-hydrogen) atoms. The molecule has 84 valence electrons. The summed E-state index contributed by atoms with van der Waals surface area (Å²) in [7, 11) is 0. The Balaban J connectivity index is 2.49. The van der Waals surface area contributed by atoms with E-state index in [9.17, 15) is 0 Å². The third-order valence-corrected chi connectivity index (χ3v) is 2.97. The highest BCUT2D eigenvalue weighted by molar-refractivity contribution is 9.10. The lowest BCUT2D eigenvalue weighted by Gasteiger charge is -2.00. The number of nitrogens with zero attached hydrogens (tertiary/aromatic N) is 1. The topological polar surface area (TPSA) is 54.7 Å². The second-order valence-corrected chi connectivity index (χ2v) is 4.70. The first kappa shape index (κ1) is 11.2. The number of aromatic nitrogens is 2. The van der Waals surface area contributed by atoms with Crippen LogP contribution >= 0.6 is 15.9 Å². The molecule has 3 N–H and O–H groups in total. The Bertz CT molecular complexity index is 497. The summed E-state index contributed by atoms with van der Waals surface area (Å²) in [6.07, 6.45) is 0.936. The van der Waals surface area contributed by atoms with Gasteiger partial charge >= 0.3 is 0 Å². The van der Waals surface area contributed by atoms with Gasteiger partial charge in [0.05, 0.1) is 5.69 Å². The summed E-state index contributed by atoms with van der Waals surface area (Å²) in [5.41, 5.74) is 9.77. The van der Waals surface area contributed by atoms with Gasteiger partial charge in [-0.25, -0.2) is 4.98 Å². The highest BCUT2D eigenvalue weighted by Crippen LogP contribution is 2.25. The minimum Gasteiger partial charge on any atom is -0.399 e. The van der Waals surface area contributed by atoms with E-state index in [1.54, 1.807) is 0 Å². The van der Waals surface area contributed by atoms with Gasteiger partial charge in [0.15, 0.2) is 0 Å². The van der Waals surface area contributed by atoms with E-state index in [1.807, 2.05) is 25.1 Å². The maximum absolute atomic E-state index is 5.80. The van der Waals surface area contributed by atoms with E-state index in [0.29, 0.717) is 0 Å². The van der Waals surface area contributed by atoms with Crippen molar-refractivity contribution in [2.24, 2.45) is 0 Å². The highest BCUT2D eigenvalue weighted by atomic mass is 79.9. The Labute approximate surface area is 103 Å². The molecule has 0 atom stereocenters. The van der Waals surface area contributed by atoms with E-state index in [-0.39, 0.29) is 0 Å². The largest absolute Gasteiger partial charge is 0.399 e. The summed E-state index contributed by atoms with van der Waals surface area (Å²) in [6.45, 7) is 4.14. The average Bonchev–Trinajstić information content (AvgIpc) is 2.58. The maximum atomic E-state index is 5.80. The Morgan fingerprint density at radius 1 is 1.38 bits per heavy atom. The van der Waals surface area contributed by atoms with Crippen molar-refractivity contribution in [1.29, 1.82) is 0 Å². The van der Waals surface area contributed by atoms with Crippen LogP contribution in [0, 0.1) is 6.92 Å². The van der Waals surface area contributed by atoms with Crippen LogP contribution in [0.15, 0.2) is 22.7 Å². The molecule has 0 fully saturated rings. The van der Waals surface area contributed by atoms with Crippen LogP contribution in [0.25, 0.3) is 11.4 Å². The average molecular weight is 280 g/mol. The second kappa shape index (κ2) is 4.29. The number of benzene rings is 1. The Kier molecular flexibility index (Phi) is 3.01. The zero-order chi connectivity index (χ0) is 11.7. The summed E-state index contributed by atoms with van der Waals surface area (Å²) in [5, 5.41) is 0. The fourth-order valence-electron chi connectivity index (χ4n) is 1.73. The number of anilines is 1. The number of aromatic amines is 1. The van der Waals surface area contributed by atoms with Gasteiger partial charge in [0.2, 0.25) is 0 Å². The molecule has 0 aliphatic heterocycles. The van der Waals surface area contributed by atoms with E-state index in [1.165, 1.54) is 0 Å². The first-order valence-corrected chi connectivity index (χ1v) is 6.01. The first-order valence-electron chi connectivity index (χ1n) is 5.22. The molecule has 0 saturated carbocycles. The molecule has 1 aromatic carbocycles. The molecule has 1 aromatic heterocycles. The smallest absolute Gasteiger partial charge is 0.137 e. The minimum atomic E-state index is 0.733. The summed E-state index contributed by atoms with van der Waals surface area (Å²) in [6, 6.07) is 5.80. The lowest BCUT2D eigenvalue weighted by Crippen LogP contribution is -1.88. The predicted octanol–water partition coefficient (Wildman–Crippen LogP) is 3.29. The molecule has 0 amide bonds. The number of rotatable bonds is 2. The van der Waals surface area contributed by atoms with Crippen molar-refractivity contribution < 1.29 is 0 Å². The van der Waals surface area contributed by atoms with Crippen molar-refractivity contribution in [3.05, 3.63) is 34.1 Å². The van der Waals surface area contributed by atoms with Gasteiger partial charge in [-0.3, -0.25) is 0 Å². The van der Waals surface area contributed by atoms with Gasteiger partial charge in [0.25, 0.3) is 0 Å². The van der Waals surface area contributed by atoms with Crippen LogP contribution in [0.3, 0.4) is 0 Å². The fourth-order valence-corrected chi connectivity index (χ4v) is 2.24. The van der Waals surface area contributed by atoms with Crippen LogP contribution in [-0.4, -0.2) is 9.97 Å². The van der Waals surface area contributed by atoms with Crippen LogP contribution in [0.5, 0.6) is 0 Å². The number of nitrogens with one attached hydrogen (secondary N) is 1. The molecule has 0 radical (unpaired) electrons. The maximum Gasteiger partial charge on any atom is 0.137 e. The Hall–Kier alpha value is -1.29. The number of aryl methyl sites for hydroxylation is 2. The van der Waals surface area contributed by atoms with E-state index in [2.05, 4.69) is 32.8 Å². The summed E-state index contributed by atoms with van der Waals surface area (Å²) in [5.74, 6) is 0.877. The van der Waals surface area contributed by atoms with Crippen molar-refractivity contribution in [2.75, 3.05) is 5.73 Å². The summed E-state index contributed by atoms with van der Waals surface area (Å²) >= 11 is 3.43. The normalized spacial score (nSPS) is 10.7. The van der Waals surface area contributed by atoms with Gasteiger partial charge < -0.3 is 10.7 Å². The van der Waals surface area contributed by atoms with Crippen molar-refractivity contribution in [3.63, 3.8) is 0 Å². The number of nitrogens with two attached hydrogens (primary N) is 1. The van der Waals surface area contributed by atoms with Crippen LogP contribution < -0.4 is 5.73 Å². The molecule has 2 rings (SSSR count). The fraction of sp³-hybridized carbons (Fsp3) is 0.250. The van der Waals surface area contributed by atoms with Crippen molar-refractivity contribution in [3.8, 4) is 11.4 Å². The lowest BCUT2D eigenvalue weighted by molar-refractivity contribution is 1.04. The molecule has 0 bridgehead atoms. The Morgan fingerprint density at radius 2 is 2.12 bits per heavy atom. The molecule has 0 aliphatic rings. The van der Waals surface area contributed by atoms with E-state index in [4.69, 9.17) is 5.73 Å². The van der Waals surface area contributed by atoms with E-state index in [0.717, 1.165) is 39.4 Å². The van der Waals surface area contributed by atoms with Gasteiger partial charge in [-0.05, 0) is 31.5 Å². The summed E-state index contributed by atoms with van der Waals surface area (Å²) in [4.78, 5) is 7.83. The SMILES string of the molecule is CCc1nc(-c2cc(N)cc(Br)c2)[nH]c1C. The number of hydrogen-bond donors (Lipinski definition) is 2. The van der Waals surface area contributed by atoms with Crippen LogP contribution in [-0.2, 0) is 6.42 Å². The van der Waals surface area contributed by atoms with Crippen LogP contribution in [0.1, 0.15) is 18.3 Å². The van der Waals surface area contributed by atoms with Crippen LogP contribution in [0.4, 0.5) is 5.69 Å². The zero-order valence-corrected chi connectivity index (χ0v) is 10.9. The van der Waals surface area contributed by atoms with Crippen molar-refractivity contribution in [1.82, 2.24) is 9.97 Å². The number of hydrogen-bond acceptors (Lipinski definition) is 2. The molecular weight excluding hydrogens is 266 g/mol. The molecule has 4 heteroatoms. The number of nitrogen functional groups attached to an aromatic ring is 1. The van der Waals surface area contributed by atoms with E-state index < -0.39 is 0 Å². The van der Waals surface area contributed by atoms with Crippen LogP contribution in [0.2, 0.25) is 0 Å². The Morgan fingerprint density at radius 3 is 2.69 bits per heavy atom. The van der Waals surface area contributed by atoms with Crippen molar-refractivity contribution in [2.45, 2.75) is 20.3 Å². The van der Waals surface area contributed by atoms with Gasteiger partial charge in [-0.1, -0.05) is 22.9 Å². The molecule has 3 nitrogen and oxygen atoms in total. The minimum absolute atomic E-state index is 0.733. The molecule has 0 unspecified atom stereocenters. The lowest BCUT2D eigenvalue weighted by atomic mass is 10.2. The van der Waals surface area contributed by atoms with Crippen molar-refractivity contribution >= 4 is 21.6 Å². The van der Waals surface area contributed by atoms with Gasteiger partial charge in [0.1, 0.15) is 5.82 Å². The number of halogens is 1. The first-order chi connectivity index (χ1) is 7.60. The molecule has 2 aromatic rings. The number of imidazole rings is 1. The molecular formula is C12H14BrN3. The highest BCUT2D eigenvalue weighted by Gasteiger charge is 2.07. The molecule has 1 heterocycles. The number of H-pyrrole nitrogens is 1. The zero-order valence-electron chi connectivity index (χ0n) is 9.34. The van der Waals surface area contributed by atoms with Gasteiger partial charge in [0, 0.05) is 21.4 Å². The third-order valence-electron chi connectivity index (χ3n) is 2.51.